The average molecular weight is 264 g/mol. The minimum Gasteiger partial charge on any atom is -0.378 e. The minimum absolute atomic E-state index is 0.00308. The SMILES string of the molecule is CCCC1CCCCN1c1ccc([N+](=O)[O-])c(N)n1. The summed E-state index contributed by atoms with van der Waals surface area (Å²) < 4.78 is 0. The predicted octanol–water partition coefficient (Wildman–Crippen LogP) is 2.73. The van der Waals surface area contributed by atoms with Gasteiger partial charge in [0, 0.05) is 18.7 Å². The molecule has 2 N–H and O–H groups in total. The van der Waals surface area contributed by atoms with E-state index in [-0.39, 0.29) is 11.5 Å². The van der Waals surface area contributed by atoms with E-state index in [4.69, 9.17) is 5.73 Å². The summed E-state index contributed by atoms with van der Waals surface area (Å²) >= 11 is 0. The molecule has 0 aromatic carbocycles. The molecule has 1 aliphatic heterocycles. The van der Waals surface area contributed by atoms with Gasteiger partial charge in [-0.15, -0.1) is 0 Å². The molecule has 1 unspecified atom stereocenters. The number of anilines is 2. The van der Waals surface area contributed by atoms with Crippen LogP contribution in [0, 0.1) is 10.1 Å². The van der Waals surface area contributed by atoms with Crippen LogP contribution in [0.4, 0.5) is 17.3 Å². The van der Waals surface area contributed by atoms with Crippen molar-refractivity contribution >= 4 is 17.3 Å². The molecule has 0 aliphatic carbocycles. The molecule has 1 saturated heterocycles. The molecule has 0 saturated carbocycles. The summed E-state index contributed by atoms with van der Waals surface area (Å²) in [5.74, 6) is 0.768. The lowest BCUT2D eigenvalue weighted by molar-refractivity contribution is -0.384. The topological polar surface area (TPSA) is 85.3 Å². The summed E-state index contributed by atoms with van der Waals surface area (Å²) in [6.45, 7) is 3.12. The van der Waals surface area contributed by atoms with Crippen LogP contribution in [-0.2, 0) is 0 Å². The summed E-state index contributed by atoms with van der Waals surface area (Å²) in [6, 6.07) is 3.64. The fourth-order valence-electron chi connectivity index (χ4n) is 2.71. The smallest absolute Gasteiger partial charge is 0.311 e. The number of pyridine rings is 1. The van der Waals surface area contributed by atoms with E-state index in [1.54, 1.807) is 6.07 Å². The maximum Gasteiger partial charge on any atom is 0.311 e. The summed E-state index contributed by atoms with van der Waals surface area (Å²) in [5, 5.41) is 10.7. The minimum atomic E-state index is -0.494. The Labute approximate surface area is 112 Å². The van der Waals surface area contributed by atoms with E-state index < -0.39 is 4.92 Å². The van der Waals surface area contributed by atoms with E-state index >= 15 is 0 Å². The second kappa shape index (κ2) is 5.86. The van der Waals surface area contributed by atoms with Gasteiger partial charge in [-0.2, -0.15) is 0 Å². The molecule has 0 amide bonds. The van der Waals surface area contributed by atoms with Crippen molar-refractivity contribution in [2.45, 2.75) is 45.1 Å². The van der Waals surface area contributed by atoms with E-state index in [0.29, 0.717) is 6.04 Å². The lowest BCUT2D eigenvalue weighted by Crippen LogP contribution is -2.40. The van der Waals surface area contributed by atoms with Gasteiger partial charge in [-0.05, 0) is 31.7 Å². The number of nitrogens with zero attached hydrogens (tertiary/aromatic N) is 3. The summed E-state index contributed by atoms with van der Waals surface area (Å²) in [6.07, 6.45) is 5.79. The number of nitro groups is 1. The van der Waals surface area contributed by atoms with Gasteiger partial charge in [0.25, 0.3) is 0 Å². The Bertz CT molecular complexity index is 462. The standard InChI is InChI=1S/C13H20N4O2/c1-2-5-10-6-3-4-9-16(10)12-8-7-11(17(18)19)13(14)15-12/h7-8,10H,2-6,9H2,1H3,(H2,14,15). The van der Waals surface area contributed by atoms with Crippen molar-refractivity contribution in [3.8, 4) is 0 Å². The number of aromatic nitrogens is 1. The van der Waals surface area contributed by atoms with Crippen molar-refractivity contribution in [1.29, 1.82) is 0 Å². The molecule has 0 spiro atoms. The Morgan fingerprint density at radius 3 is 2.95 bits per heavy atom. The first-order valence-corrected chi connectivity index (χ1v) is 6.81. The lowest BCUT2D eigenvalue weighted by Gasteiger charge is -2.36. The summed E-state index contributed by atoms with van der Waals surface area (Å²) in [7, 11) is 0. The molecule has 1 aliphatic rings. The second-order valence-corrected chi connectivity index (χ2v) is 4.96. The molecular weight excluding hydrogens is 244 g/mol. The molecule has 1 atom stereocenters. The van der Waals surface area contributed by atoms with Gasteiger partial charge in [-0.3, -0.25) is 10.1 Å². The average Bonchev–Trinajstić information content (AvgIpc) is 2.39. The van der Waals surface area contributed by atoms with Crippen molar-refractivity contribution in [1.82, 2.24) is 4.98 Å². The van der Waals surface area contributed by atoms with Crippen LogP contribution in [0.2, 0.25) is 0 Å². The van der Waals surface area contributed by atoms with Crippen LogP contribution in [0.25, 0.3) is 0 Å². The largest absolute Gasteiger partial charge is 0.378 e. The Balaban J connectivity index is 2.24. The van der Waals surface area contributed by atoms with Gasteiger partial charge >= 0.3 is 5.69 Å². The van der Waals surface area contributed by atoms with Crippen LogP contribution < -0.4 is 10.6 Å². The number of hydrogen-bond donors (Lipinski definition) is 1. The number of nitrogens with two attached hydrogens (primary N) is 1. The molecule has 1 aromatic rings. The molecule has 6 heteroatoms. The van der Waals surface area contributed by atoms with Crippen LogP contribution in [-0.4, -0.2) is 22.5 Å². The van der Waals surface area contributed by atoms with Crippen LogP contribution in [0.1, 0.15) is 39.0 Å². The number of rotatable bonds is 4. The normalized spacial score (nSPS) is 19.4. The maximum absolute atomic E-state index is 10.7. The van der Waals surface area contributed by atoms with Crippen molar-refractivity contribution in [3.63, 3.8) is 0 Å². The molecular formula is C13H20N4O2. The zero-order valence-electron chi connectivity index (χ0n) is 11.2. The van der Waals surface area contributed by atoms with Gasteiger partial charge in [0.05, 0.1) is 4.92 Å². The monoisotopic (exact) mass is 264 g/mol. The molecule has 1 fully saturated rings. The molecule has 2 rings (SSSR count). The van der Waals surface area contributed by atoms with Crippen LogP contribution in [0.5, 0.6) is 0 Å². The third-order valence-electron chi connectivity index (χ3n) is 3.63. The number of nitrogen functional groups attached to an aromatic ring is 1. The fraction of sp³-hybridized carbons (Fsp3) is 0.615. The van der Waals surface area contributed by atoms with E-state index in [1.807, 2.05) is 0 Å². The first kappa shape index (κ1) is 13.6. The summed E-state index contributed by atoms with van der Waals surface area (Å²) in [5.41, 5.74) is 5.55. The van der Waals surface area contributed by atoms with E-state index in [9.17, 15) is 10.1 Å². The van der Waals surface area contributed by atoms with Crippen LogP contribution in [0.3, 0.4) is 0 Å². The number of hydrogen-bond acceptors (Lipinski definition) is 5. The highest BCUT2D eigenvalue weighted by Gasteiger charge is 2.24. The fourth-order valence-corrected chi connectivity index (χ4v) is 2.71. The predicted molar refractivity (Wildman–Crippen MR) is 75.2 cm³/mol. The maximum atomic E-state index is 10.7. The van der Waals surface area contributed by atoms with E-state index in [2.05, 4.69) is 16.8 Å². The second-order valence-electron chi connectivity index (χ2n) is 4.96. The highest BCUT2D eigenvalue weighted by Crippen LogP contribution is 2.29. The zero-order valence-corrected chi connectivity index (χ0v) is 11.2. The third-order valence-corrected chi connectivity index (χ3v) is 3.63. The van der Waals surface area contributed by atoms with Gasteiger partial charge in [0.1, 0.15) is 5.82 Å². The highest BCUT2D eigenvalue weighted by molar-refractivity contribution is 5.58. The van der Waals surface area contributed by atoms with E-state index in [0.717, 1.165) is 38.0 Å². The summed E-state index contributed by atoms with van der Waals surface area (Å²) in [4.78, 5) is 16.7. The molecule has 1 aromatic heterocycles. The Hall–Kier alpha value is -1.85. The lowest BCUT2D eigenvalue weighted by atomic mass is 9.98. The first-order chi connectivity index (χ1) is 9.13. The highest BCUT2D eigenvalue weighted by atomic mass is 16.6. The molecule has 19 heavy (non-hydrogen) atoms. The number of piperidine rings is 1. The first-order valence-electron chi connectivity index (χ1n) is 6.81. The van der Waals surface area contributed by atoms with Crippen molar-refractivity contribution in [3.05, 3.63) is 22.2 Å². The Morgan fingerprint density at radius 2 is 2.32 bits per heavy atom. The van der Waals surface area contributed by atoms with Crippen LogP contribution >= 0.6 is 0 Å². The van der Waals surface area contributed by atoms with Crippen LogP contribution in [0.15, 0.2) is 12.1 Å². The van der Waals surface area contributed by atoms with Crippen molar-refractivity contribution < 1.29 is 4.92 Å². The van der Waals surface area contributed by atoms with Gasteiger partial charge in [0.2, 0.25) is 5.82 Å². The Kier molecular flexibility index (Phi) is 4.19. The Morgan fingerprint density at radius 1 is 1.53 bits per heavy atom. The van der Waals surface area contributed by atoms with Gasteiger partial charge < -0.3 is 10.6 Å². The van der Waals surface area contributed by atoms with Crippen molar-refractivity contribution in [2.75, 3.05) is 17.2 Å². The van der Waals surface area contributed by atoms with Gasteiger partial charge in [-0.1, -0.05) is 13.3 Å². The van der Waals surface area contributed by atoms with E-state index in [1.165, 1.54) is 12.5 Å². The van der Waals surface area contributed by atoms with Crippen molar-refractivity contribution in [2.24, 2.45) is 0 Å². The zero-order chi connectivity index (χ0) is 13.8. The van der Waals surface area contributed by atoms with Gasteiger partial charge in [-0.25, -0.2) is 4.98 Å². The third kappa shape index (κ3) is 2.94. The van der Waals surface area contributed by atoms with Gasteiger partial charge in [0.15, 0.2) is 0 Å². The molecule has 0 bridgehead atoms. The molecule has 2 heterocycles. The molecule has 6 nitrogen and oxygen atoms in total. The molecule has 104 valence electrons. The molecule has 0 radical (unpaired) electrons. The quantitative estimate of drug-likeness (QED) is 0.667.